The second-order valence-electron chi connectivity index (χ2n) is 7.19. The van der Waals surface area contributed by atoms with Gasteiger partial charge in [-0.15, -0.1) is 0 Å². The van der Waals surface area contributed by atoms with Gasteiger partial charge in [-0.25, -0.2) is 4.79 Å². The predicted molar refractivity (Wildman–Crippen MR) is 85.1 cm³/mol. The van der Waals surface area contributed by atoms with Crippen LogP contribution < -0.4 is 5.32 Å². The largest absolute Gasteiger partial charge is 0.479 e. The minimum absolute atomic E-state index is 0.0928. The third-order valence-corrected chi connectivity index (χ3v) is 4.49. The number of hydrogen-bond donors (Lipinski definition) is 2. The highest BCUT2D eigenvalue weighted by molar-refractivity contribution is 5.92. The summed E-state index contributed by atoms with van der Waals surface area (Å²) in [4.78, 5) is 22.8. The van der Waals surface area contributed by atoms with Crippen LogP contribution in [0.5, 0.6) is 0 Å². The van der Waals surface area contributed by atoms with Crippen LogP contribution in [-0.4, -0.2) is 48.4 Å². The van der Waals surface area contributed by atoms with Gasteiger partial charge in [0.25, 0.3) is 5.91 Å². The molecule has 1 unspecified atom stereocenters. The predicted octanol–water partition coefficient (Wildman–Crippen LogP) is 1.97. The number of carbonyl (C=O) groups excluding carboxylic acids is 1. The summed E-state index contributed by atoms with van der Waals surface area (Å²) in [5.41, 5.74) is 0. The molecule has 1 heterocycles. The molecule has 3 atom stereocenters. The summed E-state index contributed by atoms with van der Waals surface area (Å²) < 4.78 is 10.7. The van der Waals surface area contributed by atoms with Crippen LogP contribution >= 0.6 is 0 Å². The molecular formula is C17H29NO5. The van der Waals surface area contributed by atoms with E-state index < -0.39 is 18.2 Å². The Labute approximate surface area is 137 Å². The van der Waals surface area contributed by atoms with Crippen LogP contribution in [0.15, 0.2) is 0 Å². The third-order valence-electron chi connectivity index (χ3n) is 4.49. The van der Waals surface area contributed by atoms with Crippen molar-refractivity contribution >= 4 is 11.9 Å². The topological polar surface area (TPSA) is 88.2 Å². The van der Waals surface area contributed by atoms with Gasteiger partial charge in [0, 0.05) is 6.61 Å². The highest BCUT2D eigenvalue weighted by atomic mass is 16.6. The molecule has 1 aliphatic heterocycles. The fourth-order valence-electron chi connectivity index (χ4n) is 3.25. The average Bonchev–Trinajstić information content (AvgIpc) is 3.28. The Bertz CT molecular complexity index is 406. The number of amides is 1. The number of nitrogens with one attached hydrogen (secondary N) is 1. The maximum Gasteiger partial charge on any atom is 0.336 e. The highest BCUT2D eigenvalue weighted by Gasteiger charge is 2.51. The molecule has 2 N–H and O–H groups in total. The molecule has 1 saturated heterocycles. The highest BCUT2D eigenvalue weighted by Crippen LogP contribution is 2.24. The minimum Gasteiger partial charge on any atom is -0.479 e. The van der Waals surface area contributed by atoms with E-state index in [-0.39, 0.29) is 11.9 Å². The Balaban J connectivity index is 1.72. The molecule has 2 fully saturated rings. The van der Waals surface area contributed by atoms with Gasteiger partial charge in [-0.05, 0) is 31.1 Å². The van der Waals surface area contributed by atoms with Crippen molar-refractivity contribution in [2.45, 2.75) is 70.6 Å². The monoisotopic (exact) mass is 327 g/mol. The molecule has 0 spiro atoms. The number of carboxylic acids is 1. The van der Waals surface area contributed by atoms with Crippen LogP contribution in [0.25, 0.3) is 0 Å². The summed E-state index contributed by atoms with van der Waals surface area (Å²) in [5, 5.41) is 11.7. The van der Waals surface area contributed by atoms with Gasteiger partial charge < -0.3 is 19.9 Å². The maximum absolute atomic E-state index is 12.0. The molecule has 0 radical (unpaired) electrons. The van der Waals surface area contributed by atoms with Crippen molar-refractivity contribution in [2.75, 3.05) is 13.2 Å². The first-order valence-electron chi connectivity index (χ1n) is 8.73. The van der Waals surface area contributed by atoms with Gasteiger partial charge in [-0.2, -0.15) is 0 Å². The quantitative estimate of drug-likeness (QED) is 0.632. The van der Waals surface area contributed by atoms with Gasteiger partial charge >= 0.3 is 5.97 Å². The zero-order valence-corrected chi connectivity index (χ0v) is 14.1. The first-order chi connectivity index (χ1) is 11.0. The van der Waals surface area contributed by atoms with Crippen molar-refractivity contribution in [1.82, 2.24) is 5.32 Å². The van der Waals surface area contributed by atoms with Gasteiger partial charge in [-0.1, -0.05) is 33.1 Å². The normalized spacial score (nSPS) is 26.0. The number of ether oxygens (including phenoxy) is 2. The van der Waals surface area contributed by atoms with Crippen molar-refractivity contribution in [3.63, 3.8) is 0 Å². The van der Waals surface area contributed by atoms with Crippen LogP contribution in [0.2, 0.25) is 0 Å². The minimum atomic E-state index is -1.08. The molecule has 0 aromatic heterocycles. The number of carbonyl (C=O) groups is 2. The lowest BCUT2D eigenvalue weighted by Gasteiger charge is -2.24. The number of hydrogen-bond acceptors (Lipinski definition) is 4. The van der Waals surface area contributed by atoms with Crippen LogP contribution in [0.1, 0.15) is 52.4 Å². The Morgan fingerprint density at radius 1 is 1.22 bits per heavy atom. The first-order valence-corrected chi connectivity index (χ1v) is 8.73. The van der Waals surface area contributed by atoms with E-state index in [1.165, 1.54) is 32.1 Å². The van der Waals surface area contributed by atoms with Crippen molar-refractivity contribution in [2.24, 2.45) is 11.8 Å². The second kappa shape index (κ2) is 8.64. The molecule has 2 aliphatic rings. The molecule has 1 aliphatic carbocycles. The molecule has 132 valence electrons. The number of rotatable bonds is 9. The van der Waals surface area contributed by atoms with Gasteiger partial charge in [0.15, 0.2) is 12.2 Å². The number of carboxylic acid groups (broad SMARTS) is 1. The van der Waals surface area contributed by atoms with Gasteiger partial charge in [0.2, 0.25) is 0 Å². The SMILES string of the molecule is CC(C)CC(COCC1CCCCC1)NC(=O)[C@H]1O[C@@H]1C(=O)O. The average molecular weight is 327 g/mol. The summed E-state index contributed by atoms with van der Waals surface area (Å²) in [7, 11) is 0. The van der Waals surface area contributed by atoms with Crippen LogP contribution in [0.3, 0.4) is 0 Å². The van der Waals surface area contributed by atoms with Gasteiger partial charge in [0.1, 0.15) is 0 Å². The lowest BCUT2D eigenvalue weighted by Crippen LogP contribution is -2.42. The van der Waals surface area contributed by atoms with Crippen molar-refractivity contribution in [3.8, 4) is 0 Å². The summed E-state index contributed by atoms with van der Waals surface area (Å²) in [5.74, 6) is -0.361. The Hall–Kier alpha value is -1.14. The summed E-state index contributed by atoms with van der Waals surface area (Å²) in [6.45, 7) is 5.41. The van der Waals surface area contributed by atoms with E-state index in [0.717, 1.165) is 13.0 Å². The number of epoxide rings is 1. The summed E-state index contributed by atoms with van der Waals surface area (Å²) >= 11 is 0. The van der Waals surface area contributed by atoms with Crippen molar-refractivity contribution in [1.29, 1.82) is 0 Å². The van der Waals surface area contributed by atoms with E-state index in [9.17, 15) is 9.59 Å². The Morgan fingerprint density at radius 3 is 2.48 bits per heavy atom. The summed E-state index contributed by atoms with van der Waals surface area (Å²) in [6.07, 6.45) is 5.34. The Morgan fingerprint density at radius 2 is 1.91 bits per heavy atom. The molecule has 23 heavy (non-hydrogen) atoms. The van der Waals surface area contributed by atoms with E-state index >= 15 is 0 Å². The third kappa shape index (κ3) is 6.11. The molecule has 6 nitrogen and oxygen atoms in total. The zero-order valence-electron chi connectivity index (χ0n) is 14.1. The van der Waals surface area contributed by atoms with E-state index in [0.29, 0.717) is 18.4 Å². The standard InChI is InChI=1S/C17H29NO5/c1-11(2)8-13(10-22-9-12-6-4-3-5-7-12)18-16(19)14-15(23-14)17(20)21/h11-15H,3-10H2,1-2H3,(H,18,19)(H,20,21)/t13?,14-,15-/m0/s1. The molecule has 1 saturated carbocycles. The first kappa shape index (κ1) is 18.2. The lowest BCUT2D eigenvalue weighted by atomic mass is 9.90. The fourth-order valence-corrected chi connectivity index (χ4v) is 3.25. The number of aliphatic carboxylic acids is 1. The fraction of sp³-hybridized carbons (Fsp3) is 0.882. The maximum atomic E-state index is 12.0. The van der Waals surface area contributed by atoms with Crippen LogP contribution in [0, 0.1) is 11.8 Å². The molecule has 0 aromatic carbocycles. The molecule has 1 amide bonds. The van der Waals surface area contributed by atoms with Gasteiger partial charge in [-0.3, -0.25) is 4.79 Å². The van der Waals surface area contributed by atoms with E-state index in [2.05, 4.69) is 19.2 Å². The zero-order chi connectivity index (χ0) is 16.8. The molecule has 2 rings (SSSR count). The molecular weight excluding hydrogens is 298 g/mol. The molecule has 0 bridgehead atoms. The van der Waals surface area contributed by atoms with E-state index in [1.54, 1.807) is 0 Å². The van der Waals surface area contributed by atoms with Gasteiger partial charge in [0.05, 0.1) is 12.6 Å². The second-order valence-corrected chi connectivity index (χ2v) is 7.19. The molecule has 6 heteroatoms. The smallest absolute Gasteiger partial charge is 0.336 e. The lowest BCUT2D eigenvalue weighted by molar-refractivity contribution is -0.138. The summed E-state index contributed by atoms with van der Waals surface area (Å²) in [6, 6.07) is -0.0928. The Kier molecular flexibility index (Phi) is 6.84. The van der Waals surface area contributed by atoms with Crippen LogP contribution in [-0.2, 0) is 19.1 Å². The van der Waals surface area contributed by atoms with E-state index in [4.69, 9.17) is 14.6 Å². The van der Waals surface area contributed by atoms with Crippen molar-refractivity contribution < 1.29 is 24.2 Å². The van der Waals surface area contributed by atoms with Crippen molar-refractivity contribution in [3.05, 3.63) is 0 Å². The van der Waals surface area contributed by atoms with Crippen LogP contribution in [0.4, 0.5) is 0 Å². The molecule has 0 aromatic rings. The van der Waals surface area contributed by atoms with E-state index in [1.807, 2.05) is 0 Å².